The van der Waals surface area contributed by atoms with E-state index in [1.54, 1.807) is 0 Å². The molecule has 0 aromatic rings. The van der Waals surface area contributed by atoms with Gasteiger partial charge in [0, 0.05) is 0 Å². The van der Waals surface area contributed by atoms with Crippen LogP contribution in [0.4, 0.5) is 0 Å². The molecule has 0 heterocycles. The van der Waals surface area contributed by atoms with E-state index in [1.165, 1.54) is 83.5 Å². The molecule has 0 heteroatoms. The number of rotatable bonds is 13. The fraction of sp³-hybridized carbons (Fsp3) is 0.864. The summed E-state index contributed by atoms with van der Waals surface area (Å²) in [6.07, 6.45) is 29.7. The van der Waals surface area contributed by atoms with E-state index in [9.17, 15) is 0 Å². The third-order valence-electron chi connectivity index (χ3n) is 8.07. The summed E-state index contributed by atoms with van der Waals surface area (Å²) in [5, 5.41) is 0. The minimum atomic E-state index is 0.511. The summed E-state index contributed by atoms with van der Waals surface area (Å²) >= 11 is 0. The van der Waals surface area contributed by atoms with Gasteiger partial charge in [-0.15, -0.1) is 32.6 Å². The molecule has 0 aromatic carbocycles. The van der Waals surface area contributed by atoms with Crippen molar-refractivity contribution in [1.82, 2.24) is 0 Å². The molecule has 44 heavy (non-hydrogen) atoms. The number of hydrogen-bond donors (Lipinski definition) is 0. The van der Waals surface area contributed by atoms with Gasteiger partial charge in [0.25, 0.3) is 0 Å². The summed E-state index contributed by atoms with van der Waals surface area (Å²) in [7, 11) is 0. The molecule has 270 valence electrons. The van der Waals surface area contributed by atoms with Gasteiger partial charge >= 0.3 is 0 Å². The highest BCUT2D eigenvalue weighted by Crippen LogP contribution is 2.40. The van der Waals surface area contributed by atoms with Crippen molar-refractivity contribution in [3.63, 3.8) is 0 Å². The lowest BCUT2D eigenvalue weighted by molar-refractivity contribution is 0.155. The lowest BCUT2D eigenvalue weighted by Crippen LogP contribution is -2.24. The maximum atomic E-state index is 4.00. The summed E-state index contributed by atoms with van der Waals surface area (Å²) in [4.78, 5) is 0. The molecule has 0 amide bonds. The van der Waals surface area contributed by atoms with Crippen molar-refractivity contribution >= 4 is 0 Å². The second-order valence-corrected chi connectivity index (χ2v) is 13.5. The molecule has 0 aromatic heterocycles. The zero-order valence-corrected chi connectivity index (χ0v) is 34.7. The first-order valence-electron chi connectivity index (χ1n) is 19.4. The van der Waals surface area contributed by atoms with Gasteiger partial charge in [0.05, 0.1) is 0 Å². The van der Waals surface area contributed by atoms with Crippen molar-refractivity contribution in [2.24, 2.45) is 40.9 Å². The van der Waals surface area contributed by atoms with Crippen LogP contribution in [0.5, 0.6) is 0 Å². The third-order valence-corrected chi connectivity index (χ3v) is 8.07. The van der Waals surface area contributed by atoms with Gasteiger partial charge in [0.2, 0.25) is 0 Å². The van der Waals surface area contributed by atoms with Crippen LogP contribution in [0, 0.1) is 53.8 Å². The third kappa shape index (κ3) is 50.7. The maximum Gasteiger partial charge on any atom is -0.0330 e. The van der Waals surface area contributed by atoms with E-state index in [0.29, 0.717) is 5.41 Å². The largest absolute Gasteiger partial charge is 0.124 e. The van der Waals surface area contributed by atoms with E-state index in [1.807, 2.05) is 47.6 Å². The summed E-state index contributed by atoms with van der Waals surface area (Å²) in [5.74, 6) is 5.63. The average molecular weight is 623 g/mol. The fourth-order valence-electron chi connectivity index (χ4n) is 5.24. The van der Waals surface area contributed by atoms with Crippen molar-refractivity contribution in [2.45, 2.75) is 208 Å². The number of allylic oxidation sites excluding steroid dienone is 1. The molecule has 1 aliphatic carbocycles. The molecule has 0 spiro atoms. The van der Waals surface area contributed by atoms with Crippen LogP contribution in [-0.2, 0) is 0 Å². The predicted molar refractivity (Wildman–Crippen MR) is 216 cm³/mol. The van der Waals surface area contributed by atoms with Gasteiger partial charge in [-0.2, -0.15) is 0 Å². The molecule has 1 saturated carbocycles. The quantitative estimate of drug-likeness (QED) is 0.142. The maximum absolute atomic E-state index is 4.00. The van der Waals surface area contributed by atoms with Crippen LogP contribution in [0.3, 0.4) is 0 Å². The van der Waals surface area contributed by atoms with E-state index < -0.39 is 0 Å². The van der Waals surface area contributed by atoms with E-state index in [2.05, 4.69) is 109 Å². The Hall–Kier alpha value is -0.960. The summed E-state index contributed by atoms with van der Waals surface area (Å²) in [6, 6.07) is 0. The molecule has 0 N–H and O–H groups in total. The van der Waals surface area contributed by atoms with Gasteiger partial charge in [-0.25, -0.2) is 0 Å². The molecule has 0 aliphatic heterocycles. The van der Waals surface area contributed by atoms with Crippen LogP contribution >= 0.6 is 0 Å². The van der Waals surface area contributed by atoms with Crippen LogP contribution in [0.1, 0.15) is 208 Å². The molecular formula is C44H94. The van der Waals surface area contributed by atoms with E-state index in [4.69, 9.17) is 0 Å². The molecule has 5 atom stereocenters. The van der Waals surface area contributed by atoms with E-state index in [-0.39, 0.29) is 0 Å². The highest BCUT2D eigenvalue weighted by atomic mass is 14.3. The Morgan fingerprint density at radius 1 is 0.727 bits per heavy atom. The van der Waals surface area contributed by atoms with Crippen molar-refractivity contribution < 1.29 is 0 Å². The molecule has 1 rings (SSSR count). The zero-order chi connectivity index (χ0) is 36.6. The van der Waals surface area contributed by atoms with Gasteiger partial charge < -0.3 is 0 Å². The molecule has 0 nitrogen and oxygen atoms in total. The molecule has 0 bridgehead atoms. The molecule has 0 saturated heterocycles. The summed E-state index contributed by atoms with van der Waals surface area (Å²) in [6.45, 7) is 47.4. The topological polar surface area (TPSA) is 0 Å². The molecule has 4 unspecified atom stereocenters. The van der Waals surface area contributed by atoms with E-state index in [0.717, 1.165) is 41.9 Å². The van der Waals surface area contributed by atoms with Crippen LogP contribution in [0.25, 0.3) is 0 Å². The fourth-order valence-corrected chi connectivity index (χ4v) is 5.24. The van der Waals surface area contributed by atoms with Crippen molar-refractivity contribution in [3.05, 3.63) is 25.8 Å². The van der Waals surface area contributed by atoms with Gasteiger partial charge in [-0.3, -0.25) is 0 Å². The standard InChI is InChI=1S/C23H46.C6H12.C5H12.3C2H6.C2H4.C2H2/c1-8-10-18(2)19(3)11-9-12-21-14-13-20(4)22(17-21)15-16-23(5,6)7;1-4-5-6(2)3;1-3-5-4-2;5*1-2/h18-22H,8-17H2,1-7H3;4,6H,1,5H2,2-3H3;3-5H2,1-2H3;3*1-2H3;1-2H2;1-2H/t18?,19?,20-,21?,22?;;;;;;;/m1......./s1. The number of unbranched alkanes of at least 4 members (excludes halogenated alkanes) is 2. The van der Waals surface area contributed by atoms with Crippen LogP contribution in [0.2, 0.25) is 0 Å². The minimum absolute atomic E-state index is 0.511. The van der Waals surface area contributed by atoms with Gasteiger partial charge in [0.15, 0.2) is 0 Å². The Morgan fingerprint density at radius 3 is 1.50 bits per heavy atom. The Morgan fingerprint density at radius 2 is 1.18 bits per heavy atom. The SMILES string of the molecule is C#C.C=C.C=CCC(C)C.CC.CC.CC.CCCC(C)C(C)CCCC1CC[C@@H](C)C(CCC(C)(C)C)C1.CCCCC. The Labute approximate surface area is 286 Å². The second-order valence-electron chi connectivity index (χ2n) is 13.5. The first kappa shape index (κ1) is 58.6. The summed E-state index contributed by atoms with van der Waals surface area (Å²) < 4.78 is 0. The van der Waals surface area contributed by atoms with Crippen LogP contribution < -0.4 is 0 Å². The van der Waals surface area contributed by atoms with E-state index >= 15 is 0 Å². The molecule has 0 radical (unpaired) electrons. The van der Waals surface area contributed by atoms with Crippen LogP contribution in [-0.4, -0.2) is 0 Å². The van der Waals surface area contributed by atoms with Gasteiger partial charge in [0.1, 0.15) is 0 Å². The molecule has 1 aliphatic rings. The predicted octanol–water partition coefficient (Wildman–Crippen LogP) is 16.7. The van der Waals surface area contributed by atoms with Crippen molar-refractivity contribution in [2.75, 3.05) is 0 Å². The minimum Gasteiger partial charge on any atom is -0.124 e. The number of terminal acetylenes is 1. The lowest BCUT2D eigenvalue weighted by Gasteiger charge is -2.36. The van der Waals surface area contributed by atoms with Gasteiger partial charge in [-0.05, 0) is 66.6 Å². The molecular weight excluding hydrogens is 528 g/mol. The second kappa shape index (κ2) is 48.9. The van der Waals surface area contributed by atoms with Crippen molar-refractivity contribution in [1.29, 1.82) is 0 Å². The zero-order valence-electron chi connectivity index (χ0n) is 34.7. The Kier molecular flexibility index (Phi) is 65.1. The first-order chi connectivity index (χ1) is 20.9. The first-order valence-corrected chi connectivity index (χ1v) is 19.4. The Balaban J connectivity index is -0.000000107. The lowest BCUT2D eigenvalue weighted by atomic mass is 9.70. The number of hydrogen-bond acceptors (Lipinski definition) is 0. The normalized spacial score (nSPS) is 17.7. The Bertz CT molecular complexity index is 474. The highest BCUT2D eigenvalue weighted by molar-refractivity contribution is 4.80. The monoisotopic (exact) mass is 623 g/mol. The van der Waals surface area contributed by atoms with Gasteiger partial charge in [-0.1, -0.05) is 188 Å². The van der Waals surface area contributed by atoms with Crippen LogP contribution in [0.15, 0.2) is 25.8 Å². The summed E-state index contributed by atoms with van der Waals surface area (Å²) in [5.41, 5.74) is 0.511. The van der Waals surface area contributed by atoms with Crippen molar-refractivity contribution in [3.8, 4) is 12.8 Å². The smallest absolute Gasteiger partial charge is 0.0330 e. The highest BCUT2D eigenvalue weighted by Gasteiger charge is 2.28. The average Bonchev–Trinajstić information content (AvgIpc) is 3.03. The molecule has 1 fully saturated rings.